The molecule has 0 bridgehead atoms. The summed E-state index contributed by atoms with van der Waals surface area (Å²) < 4.78 is 26.2. The minimum absolute atomic E-state index is 0.0122. The molecule has 1 N–H and O–H groups in total. The number of nitrogens with one attached hydrogen (secondary N) is 1. The lowest BCUT2D eigenvalue weighted by atomic mass is 9.95. The minimum atomic E-state index is -3.06. The highest BCUT2D eigenvalue weighted by molar-refractivity contribution is 7.91. The summed E-state index contributed by atoms with van der Waals surface area (Å²) in [6, 6.07) is -0.115. The first-order valence-electron chi connectivity index (χ1n) is 9.35. The van der Waals surface area contributed by atoms with Crippen LogP contribution >= 0.6 is 0 Å². The molecule has 2 aromatic rings. The molecule has 0 radical (unpaired) electrons. The van der Waals surface area contributed by atoms with Gasteiger partial charge in [-0.05, 0) is 19.3 Å². The fraction of sp³-hybridized carbons (Fsp3) is 0.647. The molecule has 2 aromatic heterocycles. The molecule has 2 aliphatic rings. The van der Waals surface area contributed by atoms with Crippen molar-refractivity contribution in [3.8, 4) is 0 Å². The van der Waals surface area contributed by atoms with Gasteiger partial charge >= 0.3 is 0 Å². The van der Waals surface area contributed by atoms with Crippen LogP contribution in [0.1, 0.15) is 44.6 Å². The molecule has 0 unspecified atom stereocenters. The lowest BCUT2D eigenvalue weighted by Gasteiger charge is -2.22. The van der Waals surface area contributed by atoms with E-state index in [9.17, 15) is 18.0 Å². The molecule has 10 heteroatoms. The number of sulfone groups is 1. The molecule has 1 saturated heterocycles. The quantitative estimate of drug-likeness (QED) is 0.804. The lowest BCUT2D eigenvalue weighted by Crippen LogP contribution is -2.39. The molecule has 0 spiro atoms. The molecule has 3 heterocycles. The smallest absolute Gasteiger partial charge is 0.264 e. The third kappa shape index (κ3) is 3.76. The topological polar surface area (TPSA) is 116 Å². The van der Waals surface area contributed by atoms with Crippen LogP contribution in [0.2, 0.25) is 0 Å². The summed E-state index contributed by atoms with van der Waals surface area (Å²) in [5.41, 5.74) is 0.0249. The minimum Gasteiger partial charge on any atom is -0.352 e. The fourth-order valence-electron chi connectivity index (χ4n) is 3.99. The van der Waals surface area contributed by atoms with Gasteiger partial charge in [0.2, 0.25) is 5.91 Å². The number of rotatable bonds is 4. The number of aromatic nitrogens is 4. The van der Waals surface area contributed by atoms with E-state index in [0.29, 0.717) is 17.5 Å². The van der Waals surface area contributed by atoms with Crippen LogP contribution in [0.15, 0.2) is 17.3 Å². The molecule has 27 heavy (non-hydrogen) atoms. The van der Waals surface area contributed by atoms with Crippen LogP contribution in [0.25, 0.3) is 11.0 Å². The van der Waals surface area contributed by atoms with Crippen LogP contribution in [0.5, 0.6) is 0 Å². The van der Waals surface area contributed by atoms with Gasteiger partial charge in [0.05, 0.1) is 23.7 Å². The number of nitrogens with zero attached hydrogens (tertiary/aromatic N) is 4. The zero-order valence-electron chi connectivity index (χ0n) is 15.0. The van der Waals surface area contributed by atoms with Gasteiger partial charge < -0.3 is 5.32 Å². The normalized spacial score (nSPS) is 22.9. The van der Waals surface area contributed by atoms with Crippen LogP contribution < -0.4 is 10.9 Å². The summed E-state index contributed by atoms with van der Waals surface area (Å²) in [4.78, 5) is 29.2. The number of amides is 1. The monoisotopic (exact) mass is 393 g/mol. The summed E-state index contributed by atoms with van der Waals surface area (Å²) in [6.07, 6.45) is 8.62. The third-order valence-electron chi connectivity index (χ3n) is 5.42. The molecule has 1 aliphatic heterocycles. The molecule has 1 amide bonds. The van der Waals surface area contributed by atoms with Crippen molar-refractivity contribution in [1.29, 1.82) is 0 Å². The zero-order valence-corrected chi connectivity index (χ0v) is 15.8. The molecule has 9 nitrogen and oxygen atoms in total. The molecule has 146 valence electrons. The Kier molecular flexibility index (Phi) is 4.75. The van der Waals surface area contributed by atoms with Gasteiger partial charge in [-0.25, -0.2) is 18.1 Å². The second kappa shape index (κ2) is 7.06. The van der Waals surface area contributed by atoms with E-state index in [1.807, 2.05) is 0 Å². The van der Waals surface area contributed by atoms with Crippen molar-refractivity contribution in [3.63, 3.8) is 0 Å². The predicted molar refractivity (Wildman–Crippen MR) is 99.1 cm³/mol. The van der Waals surface area contributed by atoms with Crippen LogP contribution in [0.4, 0.5) is 0 Å². The molecule has 0 aromatic carbocycles. The van der Waals surface area contributed by atoms with Crippen molar-refractivity contribution < 1.29 is 13.2 Å². The Hall–Kier alpha value is -2.23. The van der Waals surface area contributed by atoms with Crippen molar-refractivity contribution in [2.45, 2.75) is 57.2 Å². The molecule has 4 rings (SSSR count). The standard InChI is InChI=1S/C17H23N5O4S/c23-15(20-12-4-2-1-3-5-12)9-21-11-18-16-14(17(21)24)8-19-22(16)13-6-7-27(25,26)10-13/h8,11-13H,1-7,9-10H2,(H,20,23)/t13-/m1/s1. The molecule has 1 aliphatic carbocycles. The van der Waals surface area contributed by atoms with E-state index in [0.717, 1.165) is 25.7 Å². The Balaban J connectivity index is 1.53. The molecular weight excluding hydrogens is 370 g/mol. The highest BCUT2D eigenvalue weighted by atomic mass is 32.2. The maximum Gasteiger partial charge on any atom is 0.264 e. The van der Waals surface area contributed by atoms with Crippen molar-refractivity contribution >= 4 is 26.8 Å². The van der Waals surface area contributed by atoms with Crippen LogP contribution in [0, 0.1) is 0 Å². The Labute approximate surface area is 156 Å². The fourth-order valence-corrected chi connectivity index (χ4v) is 5.68. The number of carbonyl (C=O) groups is 1. The number of hydrogen-bond acceptors (Lipinski definition) is 6. The van der Waals surface area contributed by atoms with Crippen LogP contribution in [-0.2, 0) is 21.2 Å². The molecule has 2 fully saturated rings. The van der Waals surface area contributed by atoms with E-state index in [2.05, 4.69) is 15.4 Å². The van der Waals surface area contributed by atoms with Gasteiger partial charge in [-0.2, -0.15) is 5.10 Å². The van der Waals surface area contributed by atoms with Crippen molar-refractivity contribution in [1.82, 2.24) is 24.6 Å². The summed E-state index contributed by atoms with van der Waals surface area (Å²) in [6.45, 7) is -0.0821. The summed E-state index contributed by atoms with van der Waals surface area (Å²) in [5.74, 6) is -0.0603. The van der Waals surface area contributed by atoms with Gasteiger partial charge in [-0.15, -0.1) is 0 Å². The van der Waals surface area contributed by atoms with Gasteiger partial charge in [0.25, 0.3) is 5.56 Å². The van der Waals surface area contributed by atoms with Crippen LogP contribution in [0.3, 0.4) is 0 Å². The second-order valence-electron chi connectivity index (χ2n) is 7.46. The van der Waals surface area contributed by atoms with Gasteiger partial charge in [-0.3, -0.25) is 14.2 Å². The SMILES string of the molecule is O=C(Cn1cnc2c(cnn2[C@@H]2CCS(=O)(=O)C2)c1=O)NC1CCCCC1. The summed E-state index contributed by atoms with van der Waals surface area (Å²) >= 11 is 0. The average molecular weight is 393 g/mol. The highest BCUT2D eigenvalue weighted by Crippen LogP contribution is 2.25. The van der Waals surface area contributed by atoms with E-state index in [4.69, 9.17) is 0 Å². The van der Waals surface area contributed by atoms with Crippen LogP contribution in [-0.4, -0.2) is 51.2 Å². The van der Waals surface area contributed by atoms with E-state index in [-0.39, 0.29) is 41.6 Å². The van der Waals surface area contributed by atoms with E-state index >= 15 is 0 Å². The zero-order chi connectivity index (χ0) is 19.0. The van der Waals surface area contributed by atoms with E-state index in [1.165, 1.54) is 28.2 Å². The Morgan fingerprint density at radius 2 is 2.00 bits per heavy atom. The largest absolute Gasteiger partial charge is 0.352 e. The lowest BCUT2D eigenvalue weighted by molar-refractivity contribution is -0.122. The van der Waals surface area contributed by atoms with Gasteiger partial charge in [-0.1, -0.05) is 19.3 Å². The first-order valence-corrected chi connectivity index (χ1v) is 11.2. The summed E-state index contributed by atoms with van der Waals surface area (Å²) in [5, 5.41) is 7.48. The van der Waals surface area contributed by atoms with Crippen molar-refractivity contribution in [2.75, 3.05) is 11.5 Å². The third-order valence-corrected chi connectivity index (χ3v) is 7.17. The maximum absolute atomic E-state index is 12.7. The number of hydrogen-bond donors (Lipinski definition) is 1. The molecular formula is C17H23N5O4S. The highest BCUT2D eigenvalue weighted by Gasteiger charge is 2.31. The average Bonchev–Trinajstić information content (AvgIpc) is 3.21. The summed E-state index contributed by atoms with van der Waals surface area (Å²) in [7, 11) is -3.06. The maximum atomic E-state index is 12.7. The predicted octanol–water partition coefficient (Wildman–Crippen LogP) is 0.401. The Bertz CT molecular complexity index is 1020. The first-order chi connectivity index (χ1) is 12.9. The number of carbonyl (C=O) groups excluding carboxylic acids is 1. The molecule has 1 atom stereocenters. The number of fused-ring (bicyclic) bond motifs is 1. The van der Waals surface area contributed by atoms with E-state index in [1.54, 1.807) is 0 Å². The van der Waals surface area contributed by atoms with Gasteiger partial charge in [0, 0.05) is 6.04 Å². The van der Waals surface area contributed by atoms with Gasteiger partial charge in [0.1, 0.15) is 18.3 Å². The van der Waals surface area contributed by atoms with Crippen molar-refractivity contribution in [3.05, 3.63) is 22.9 Å². The van der Waals surface area contributed by atoms with E-state index < -0.39 is 9.84 Å². The molecule has 1 saturated carbocycles. The Morgan fingerprint density at radius 3 is 2.70 bits per heavy atom. The van der Waals surface area contributed by atoms with Crippen molar-refractivity contribution in [2.24, 2.45) is 0 Å². The second-order valence-corrected chi connectivity index (χ2v) is 9.69. The first kappa shape index (κ1) is 18.1. The van der Waals surface area contributed by atoms with Gasteiger partial charge in [0.15, 0.2) is 15.5 Å². The Morgan fingerprint density at radius 1 is 1.22 bits per heavy atom.